The van der Waals surface area contributed by atoms with Gasteiger partial charge in [-0.3, -0.25) is 4.90 Å². The number of ether oxygens (including phenoxy) is 1. The summed E-state index contributed by atoms with van der Waals surface area (Å²) in [6, 6.07) is 0.537. The van der Waals surface area contributed by atoms with E-state index in [1.807, 2.05) is 0 Å². The van der Waals surface area contributed by atoms with Crippen LogP contribution in [-0.2, 0) is 4.74 Å². The van der Waals surface area contributed by atoms with Crippen molar-refractivity contribution >= 4 is 0 Å². The van der Waals surface area contributed by atoms with Gasteiger partial charge < -0.3 is 4.74 Å². The standard InChI is InChI=1S/C10H23NO/c1-7-9(8-12-6)11(5)10(2,3)4/h9H,7-8H2,1-6H3. The van der Waals surface area contributed by atoms with Gasteiger partial charge in [0.05, 0.1) is 6.61 Å². The quantitative estimate of drug-likeness (QED) is 0.646. The third-order valence-corrected chi connectivity index (χ3v) is 2.44. The molecule has 0 aromatic heterocycles. The number of rotatable bonds is 4. The lowest BCUT2D eigenvalue weighted by Gasteiger charge is -2.38. The molecule has 0 bridgehead atoms. The number of methoxy groups -OCH3 is 1. The minimum atomic E-state index is 0.235. The van der Waals surface area contributed by atoms with Gasteiger partial charge in [-0.15, -0.1) is 0 Å². The van der Waals surface area contributed by atoms with Gasteiger partial charge in [-0.2, -0.15) is 0 Å². The monoisotopic (exact) mass is 173 g/mol. The summed E-state index contributed by atoms with van der Waals surface area (Å²) in [7, 11) is 3.92. The molecule has 0 heterocycles. The van der Waals surface area contributed by atoms with Crippen molar-refractivity contribution in [2.45, 2.75) is 45.7 Å². The van der Waals surface area contributed by atoms with Gasteiger partial charge in [-0.1, -0.05) is 6.92 Å². The average molecular weight is 173 g/mol. The van der Waals surface area contributed by atoms with E-state index in [1.165, 1.54) is 0 Å². The van der Waals surface area contributed by atoms with Crippen LogP contribution in [0.3, 0.4) is 0 Å². The number of likely N-dealkylation sites (N-methyl/N-ethyl adjacent to an activating group) is 1. The zero-order valence-electron chi connectivity index (χ0n) is 9.35. The first kappa shape index (κ1) is 11.9. The Labute approximate surface area is 76.9 Å². The van der Waals surface area contributed by atoms with Crippen LogP contribution < -0.4 is 0 Å². The molecular weight excluding hydrogens is 150 g/mol. The van der Waals surface area contributed by atoms with Crippen LogP contribution in [0.5, 0.6) is 0 Å². The molecule has 2 nitrogen and oxygen atoms in total. The third-order valence-electron chi connectivity index (χ3n) is 2.44. The van der Waals surface area contributed by atoms with Crippen LogP contribution in [0.15, 0.2) is 0 Å². The van der Waals surface area contributed by atoms with Crippen LogP contribution in [-0.4, -0.2) is 37.2 Å². The molecule has 2 heteroatoms. The Bertz CT molecular complexity index is 117. The molecule has 0 aromatic rings. The van der Waals surface area contributed by atoms with Crippen LogP contribution in [0.25, 0.3) is 0 Å². The van der Waals surface area contributed by atoms with E-state index < -0.39 is 0 Å². The molecule has 12 heavy (non-hydrogen) atoms. The van der Waals surface area contributed by atoms with Gasteiger partial charge in [-0.25, -0.2) is 0 Å². The van der Waals surface area contributed by atoms with E-state index in [-0.39, 0.29) is 5.54 Å². The summed E-state index contributed by atoms with van der Waals surface area (Å²) in [5, 5.41) is 0. The topological polar surface area (TPSA) is 12.5 Å². The largest absolute Gasteiger partial charge is 0.383 e. The zero-order chi connectivity index (χ0) is 9.78. The molecule has 0 aromatic carbocycles. The van der Waals surface area contributed by atoms with E-state index in [0.717, 1.165) is 13.0 Å². The number of hydrogen-bond acceptors (Lipinski definition) is 2. The van der Waals surface area contributed by atoms with Crippen LogP contribution in [0.1, 0.15) is 34.1 Å². The average Bonchev–Trinajstić information content (AvgIpc) is 1.97. The van der Waals surface area contributed by atoms with Gasteiger partial charge in [0.1, 0.15) is 0 Å². The lowest BCUT2D eigenvalue weighted by Crippen LogP contribution is -2.46. The van der Waals surface area contributed by atoms with Gasteiger partial charge >= 0.3 is 0 Å². The number of nitrogens with zero attached hydrogens (tertiary/aromatic N) is 1. The summed E-state index contributed by atoms with van der Waals surface area (Å²) in [6.45, 7) is 9.71. The fraction of sp³-hybridized carbons (Fsp3) is 1.00. The summed E-state index contributed by atoms with van der Waals surface area (Å²) >= 11 is 0. The van der Waals surface area contributed by atoms with Gasteiger partial charge in [0, 0.05) is 18.7 Å². The first-order valence-corrected chi connectivity index (χ1v) is 4.65. The molecule has 0 aliphatic rings. The summed E-state index contributed by atoms with van der Waals surface area (Å²) in [4.78, 5) is 2.37. The maximum absolute atomic E-state index is 5.17. The predicted molar refractivity (Wildman–Crippen MR) is 53.5 cm³/mol. The molecule has 0 aliphatic carbocycles. The molecule has 0 fully saturated rings. The van der Waals surface area contributed by atoms with Crippen molar-refractivity contribution in [3.8, 4) is 0 Å². The lowest BCUT2D eigenvalue weighted by atomic mass is 10.0. The van der Waals surface area contributed by atoms with E-state index >= 15 is 0 Å². The van der Waals surface area contributed by atoms with E-state index in [9.17, 15) is 0 Å². The highest BCUT2D eigenvalue weighted by molar-refractivity contribution is 4.79. The Kier molecular flexibility index (Phi) is 4.80. The second-order valence-electron chi connectivity index (χ2n) is 4.30. The van der Waals surface area contributed by atoms with Crippen molar-refractivity contribution in [3.63, 3.8) is 0 Å². The Morgan fingerprint density at radius 1 is 1.33 bits per heavy atom. The molecule has 0 aliphatic heterocycles. The number of hydrogen-bond donors (Lipinski definition) is 0. The van der Waals surface area contributed by atoms with Crippen molar-refractivity contribution in [1.29, 1.82) is 0 Å². The maximum Gasteiger partial charge on any atom is 0.0618 e. The third kappa shape index (κ3) is 3.55. The van der Waals surface area contributed by atoms with Gasteiger partial charge in [0.15, 0.2) is 0 Å². The fourth-order valence-electron chi connectivity index (χ4n) is 1.24. The molecule has 0 spiro atoms. The lowest BCUT2D eigenvalue weighted by molar-refractivity contribution is 0.0503. The highest BCUT2D eigenvalue weighted by atomic mass is 16.5. The maximum atomic E-state index is 5.17. The van der Waals surface area contributed by atoms with Crippen molar-refractivity contribution in [2.75, 3.05) is 20.8 Å². The van der Waals surface area contributed by atoms with E-state index in [0.29, 0.717) is 6.04 Å². The summed E-state index contributed by atoms with van der Waals surface area (Å²) < 4.78 is 5.17. The van der Waals surface area contributed by atoms with E-state index in [4.69, 9.17) is 4.74 Å². The molecule has 1 unspecified atom stereocenters. The second kappa shape index (κ2) is 4.83. The van der Waals surface area contributed by atoms with Gasteiger partial charge in [0.2, 0.25) is 0 Å². The summed E-state index contributed by atoms with van der Waals surface area (Å²) in [5.74, 6) is 0. The van der Waals surface area contributed by atoms with Crippen LogP contribution in [0.4, 0.5) is 0 Å². The molecule has 1 atom stereocenters. The van der Waals surface area contributed by atoms with E-state index in [1.54, 1.807) is 7.11 Å². The highest BCUT2D eigenvalue weighted by Crippen LogP contribution is 2.16. The SMILES string of the molecule is CCC(COC)N(C)C(C)(C)C. The molecule has 0 saturated carbocycles. The van der Waals surface area contributed by atoms with Crippen LogP contribution in [0, 0.1) is 0 Å². The Balaban J connectivity index is 4.11. The smallest absolute Gasteiger partial charge is 0.0618 e. The molecular formula is C10H23NO. The normalized spacial score (nSPS) is 15.2. The molecule has 0 N–H and O–H groups in total. The first-order chi connectivity index (χ1) is 5.43. The Morgan fingerprint density at radius 3 is 2.08 bits per heavy atom. The zero-order valence-corrected chi connectivity index (χ0v) is 9.35. The van der Waals surface area contributed by atoms with E-state index in [2.05, 4.69) is 39.6 Å². The van der Waals surface area contributed by atoms with Gasteiger partial charge in [-0.05, 0) is 34.2 Å². The minimum Gasteiger partial charge on any atom is -0.383 e. The minimum absolute atomic E-state index is 0.235. The first-order valence-electron chi connectivity index (χ1n) is 4.65. The van der Waals surface area contributed by atoms with Gasteiger partial charge in [0.25, 0.3) is 0 Å². The summed E-state index contributed by atoms with van der Waals surface area (Å²) in [5.41, 5.74) is 0.235. The van der Waals surface area contributed by atoms with Crippen LogP contribution in [0.2, 0.25) is 0 Å². The van der Waals surface area contributed by atoms with Crippen molar-refractivity contribution in [1.82, 2.24) is 4.90 Å². The molecule has 0 rings (SSSR count). The van der Waals surface area contributed by atoms with Crippen molar-refractivity contribution in [2.24, 2.45) is 0 Å². The Morgan fingerprint density at radius 2 is 1.83 bits per heavy atom. The van der Waals surface area contributed by atoms with Crippen LogP contribution >= 0.6 is 0 Å². The molecule has 74 valence electrons. The molecule has 0 amide bonds. The predicted octanol–water partition coefficient (Wildman–Crippen LogP) is 2.14. The molecule has 0 saturated heterocycles. The summed E-state index contributed by atoms with van der Waals surface area (Å²) in [6.07, 6.45) is 1.14. The molecule has 0 radical (unpaired) electrons. The van der Waals surface area contributed by atoms with Crippen molar-refractivity contribution < 1.29 is 4.74 Å². The fourth-order valence-corrected chi connectivity index (χ4v) is 1.24. The highest BCUT2D eigenvalue weighted by Gasteiger charge is 2.23. The second-order valence-corrected chi connectivity index (χ2v) is 4.30. The Hall–Kier alpha value is -0.0800. The van der Waals surface area contributed by atoms with Crippen molar-refractivity contribution in [3.05, 3.63) is 0 Å².